The van der Waals surface area contributed by atoms with Crippen molar-refractivity contribution in [1.82, 2.24) is 0 Å². The highest BCUT2D eigenvalue weighted by Gasteiger charge is 2.06. The summed E-state index contributed by atoms with van der Waals surface area (Å²) in [7, 11) is 0. The minimum atomic E-state index is -0.801. The largest absolute Gasteiger partial charge is 0.449 e. The number of amides is 1. The van der Waals surface area contributed by atoms with E-state index < -0.39 is 6.09 Å². The summed E-state index contributed by atoms with van der Waals surface area (Å²) in [6.07, 6.45) is -0.801. The van der Waals surface area contributed by atoms with Crippen LogP contribution < -0.4 is 5.73 Å². The Hall–Kier alpha value is -0.940. The first-order valence-electron chi connectivity index (χ1n) is 4.54. The zero-order valence-electron chi connectivity index (χ0n) is 8.41. The molecule has 0 bridgehead atoms. The molecule has 16 heavy (non-hydrogen) atoms. The number of ether oxygens (including phenoxy) is 1. The van der Waals surface area contributed by atoms with Crippen LogP contribution in [0.1, 0.15) is 5.56 Å². The maximum Gasteiger partial charge on any atom is 0.404 e. The summed E-state index contributed by atoms with van der Waals surface area (Å²) in [4.78, 5) is 10.3. The molecule has 1 amide bonds. The van der Waals surface area contributed by atoms with Crippen molar-refractivity contribution in [2.24, 2.45) is 5.73 Å². The van der Waals surface area contributed by atoms with Gasteiger partial charge < -0.3 is 10.5 Å². The van der Waals surface area contributed by atoms with E-state index >= 15 is 0 Å². The van der Waals surface area contributed by atoms with Gasteiger partial charge >= 0.3 is 6.09 Å². The topological polar surface area (TPSA) is 52.3 Å². The standard InChI is InChI=1S/C10H11ClFNO2S/c11-8-2-1-3-9(12)7(8)6-16-5-4-15-10(13)14/h1-3H,4-6H2,(H2,13,14). The molecule has 88 valence electrons. The molecule has 0 aromatic heterocycles. The molecule has 2 N–H and O–H groups in total. The van der Waals surface area contributed by atoms with Crippen molar-refractivity contribution < 1.29 is 13.9 Å². The summed E-state index contributed by atoms with van der Waals surface area (Å²) in [5.41, 5.74) is 5.25. The number of primary amides is 1. The fraction of sp³-hybridized carbons (Fsp3) is 0.300. The van der Waals surface area contributed by atoms with Gasteiger partial charge in [0.25, 0.3) is 0 Å². The molecular formula is C10H11ClFNO2S. The number of halogens is 2. The number of hydrogen-bond donors (Lipinski definition) is 1. The second-order valence-electron chi connectivity index (χ2n) is 2.92. The third-order valence-electron chi connectivity index (χ3n) is 1.78. The van der Waals surface area contributed by atoms with Crippen molar-refractivity contribution in [3.8, 4) is 0 Å². The van der Waals surface area contributed by atoms with Crippen LogP contribution in [-0.2, 0) is 10.5 Å². The molecule has 0 aliphatic heterocycles. The zero-order valence-corrected chi connectivity index (χ0v) is 9.98. The van der Waals surface area contributed by atoms with E-state index in [2.05, 4.69) is 4.74 Å². The van der Waals surface area contributed by atoms with E-state index in [1.165, 1.54) is 17.8 Å². The number of nitrogens with two attached hydrogens (primary N) is 1. The molecule has 1 aromatic rings. The Balaban J connectivity index is 2.34. The summed E-state index contributed by atoms with van der Waals surface area (Å²) in [5.74, 6) is 0.664. The lowest BCUT2D eigenvalue weighted by molar-refractivity contribution is 0.164. The minimum absolute atomic E-state index is 0.214. The lowest BCUT2D eigenvalue weighted by Crippen LogP contribution is -2.14. The van der Waals surface area contributed by atoms with Crippen molar-refractivity contribution in [2.45, 2.75) is 5.75 Å². The van der Waals surface area contributed by atoms with E-state index in [1.54, 1.807) is 12.1 Å². The second kappa shape index (κ2) is 6.60. The molecule has 0 fully saturated rings. The van der Waals surface area contributed by atoms with Crippen molar-refractivity contribution >= 4 is 29.5 Å². The first-order chi connectivity index (χ1) is 7.61. The Morgan fingerprint density at radius 3 is 2.94 bits per heavy atom. The molecule has 1 aromatic carbocycles. The van der Waals surface area contributed by atoms with Crippen LogP contribution in [0.5, 0.6) is 0 Å². The summed E-state index contributed by atoms with van der Waals surface area (Å²) in [6.45, 7) is 0.214. The lowest BCUT2D eigenvalue weighted by Gasteiger charge is -2.05. The molecule has 0 atom stereocenters. The molecule has 0 aliphatic rings. The lowest BCUT2D eigenvalue weighted by atomic mass is 10.2. The van der Waals surface area contributed by atoms with Gasteiger partial charge in [0.15, 0.2) is 0 Å². The van der Waals surface area contributed by atoms with Gasteiger partial charge in [-0.2, -0.15) is 11.8 Å². The van der Waals surface area contributed by atoms with Crippen LogP contribution in [0, 0.1) is 5.82 Å². The highest BCUT2D eigenvalue weighted by molar-refractivity contribution is 7.98. The number of rotatable bonds is 5. The van der Waals surface area contributed by atoms with E-state index in [0.717, 1.165) is 0 Å². The van der Waals surface area contributed by atoms with Crippen LogP contribution >= 0.6 is 23.4 Å². The van der Waals surface area contributed by atoms with Crippen LogP contribution in [0.4, 0.5) is 9.18 Å². The zero-order chi connectivity index (χ0) is 12.0. The van der Waals surface area contributed by atoms with Crippen LogP contribution in [0.3, 0.4) is 0 Å². The number of thioether (sulfide) groups is 1. The third-order valence-corrected chi connectivity index (χ3v) is 3.08. The molecule has 3 nitrogen and oxygen atoms in total. The molecule has 6 heteroatoms. The van der Waals surface area contributed by atoms with E-state index in [4.69, 9.17) is 17.3 Å². The average molecular weight is 264 g/mol. The maximum atomic E-state index is 13.3. The normalized spacial score (nSPS) is 10.1. The molecule has 0 aliphatic carbocycles. The molecule has 0 heterocycles. The SMILES string of the molecule is NC(=O)OCCSCc1c(F)cccc1Cl. The van der Waals surface area contributed by atoms with E-state index in [9.17, 15) is 9.18 Å². The number of carbonyl (C=O) groups excluding carboxylic acids is 1. The Bertz CT molecular complexity index is 356. The van der Waals surface area contributed by atoms with Crippen molar-refractivity contribution in [2.75, 3.05) is 12.4 Å². The quantitative estimate of drug-likeness (QED) is 0.831. The monoisotopic (exact) mass is 263 g/mol. The first-order valence-corrected chi connectivity index (χ1v) is 6.07. The van der Waals surface area contributed by atoms with Crippen LogP contribution in [0.25, 0.3) is 0 Å². The highest BCUT2D eigenvalue weighted by Crippen LogP contribution is 2.23. The van der Waals surface area contributed by atoms with Gasteiger partial charge in [-0.3, -0.25) is 0 Å². The van der Waals surface area contributed by atoms with Gasteiger partial charge in [-0.25, -0.2) is 9.18 Å². The first kappa shape index (κ1) is 13.1. The van der Waals surface area contributed by atoms with Crippen LogP contribution in [0.15, 0.2) is 18.2 Å². The predicted octanol–water partition coefficient (Wildman–Crippen LogP) is 2.81. The van der Waals surface area contributed by atoms with Gasteiger partial charge in [-0.05, 0) is 12.1 Å². The predicted molar refractivity (Wildman–Crippen MR) is 63.1 cm³/mol. The number of carbonyl (C=O) groups is 1. The molecule has 0 spiro atoms. The average Bonchev–Trinajstić information content (AvgIpc) is 2.21. The number of benzene rings is 1. The molecule has 0 saturated heterocycles. The minimum Gasteiger partial charge on any atom is -0.449 e. The summed E-state index contributed by atoms with van der Waals surface area (Å²) >= 11 is 7.25. The molecule has 0 radical (unpaired) electrons. The fourth-order valence-electron chi connectivity index (χ4n) is 1.05. The summed E-state index contributed by atoms with van der Waals surface area (Å²) in [5, 5.41) is 0.406. The van der Waals surface area contributed by atoms with Gasteiger partial charge in [-0.15, -0.1) is 0 Å². The Kier molecular flexibility index (Phi) is 5.42. The Morgan fingerprint density at radius 1 is 1.56 bits per heavy atom. The van der Waals surface area contributed by atoms with Crippen molar-refractivity contribution in [1.29, 1.82) is 0 Å². The fourth-order valence-corrected chi connectivity index (χ4v) is 2.20. The van der Waals surface area contributed by atoms with E-state index in [-0.39, 0.29) is 12.4 Å². The summed E-state index contributed by atoms with van der Waals surface area (Å²) in [6, 6.07) is 4.56. The molecular weight excluding hydrogens is 253 g/mol. The number of hydrogen-bond acceptors (Lipinski definition) is 3. The van der Waals surface area contributed by atoms with Gasteiger partial charge in [0.2, 0.25) is 0 Å². The smallest absolute Gasteiger partial charge is 0.404 e. The van der Waals surface area contributed by atoms with E-state index in [0.29, 0.717) is 22.1 Å². The van der Waals surface area contributed by atoms with Gasteiger partial charge in [0.05, 0.1) is 0 Å². The molecule has 0 unspecified atom stereocenters. The second-order valence-corrected chi connectivity index (χ2v) is 4.43. The van der Waals surface area contributed by atoms with Gasteiger partial charge in [-0.1, -0.05) is 17.7 Å². The summed E-state index contributed by atoms with van der Waals surface area (Å²) < 4.78 is 17.8. The molecule has 0 saturated carbocycles. The highest BCUT2D eigenvalue weighted by atomic mass is 35.5. The van der Waals surface area contributed by atoms with Gasteiger partial charge in [0, 0.05) is 22.1 Å². The Morgan fingerprint density at radius 2 is 2.31 bits per heavy atom. The third kappa shape index (κ3) is 4.28. The maximum absolute atomic E-state index is 13.3. The van der Waals surface area contributed by atoms with Gasteiger partial charge in [0.1, 0.15) is 12.4 Å². The van der Waals surface area contributed by atoms with Crippen LogP contribution in [-0.4, -0.2) is 18.5 Å². The van der Waals surface area contributed by atoms with Crippen molar-refractivity contribution in [3.63, 3.8) is 0 Å². The van der Waals surface area contributed by atoms with Crippen LogP contribution in [0.2, 0.25) is 5.02 Å². The van der Waals surface area contributed by atoms with Crippen molar-refractivity contribution in [3.05, 3.63) is 34.6 Å². The van der Waals surface area contributed by atoms with E-state index in [1.807, 2.05) is 0 Å². The Labute approximate surface area is 102 Å². The molecule has 1 rings (SSSR count).